The SMILES string of the molecule is O=C(O)[C@@H]1C[C@H]1C(=O)N[C@@H]1CCN(c2ccccc2)C1=O. The molecule has 6 heteroatoms. The number of nitrogens with zero attached hydrogens (tertiary/aromatic N) is 1. The van der Waals surface area contributed by atoms with Gasteiger partial charge in [0.2, 0.25) is 11.8 Å². The number of para-hydroxylation sites is 1. The van der Waals surface area contributed by atoms with Crippen molar-refractivity contribution in [2.45, 2.75) is 18.9 Å². The molecule has 2 amide bonds. The van der Waals surface area contributed by atoms with Crippen molar-refractivity contribution in [3.63, 3.8) is 0 Å². The van der Waals surface area contributed by atoms with Gasteiger partial charge in [-0.15, -0.1) is 0 Å². The summed E-state index contributed by atoms with van der Waals surface area (Å²) in [7, 11) is 0. The quantitative estimate of drug-likeness (QED) is 0.850. The summed E-state index contributed by atoms with van der Waals surface area (Å²) in [5.41, 5.74) is 0.814. The number of rotatable bonds is 4. The summed E-state index contributed by atoms with van der Waals surface area (Å²) in [6.45, 7) is 0.556. The van der Waals surface area contributed by atoms with Crippen molar-refractivity contribution in [1.82, 2.24) is 5.32 Å². The minimum atomic E-state index is -0.946. The molecule has 2 fully saturated rings. The highest BCUT2D eigenvalue weighted by Crippen LogP contribution is 2.39. The summed E-state index contributed by atoms with van der Waals surface area (Å²) in [6.07, 6.45) is 0.911. The second kappa shape index (κ2) is 5.20. The number of hydrogen-bond acceptors (Lipinski definition) is 3. The van der Waals surface area contributed by atoms with E-state index in [4.69, 9.17) is 5.11 Å². The molecule has 1 aromatic carbocycles. The van der Waals surface area contributed by atoms with E-state index in [1.54, 1.807) is 4.90 Å². The number of amides is 2. The predicted molar refractivity (Wildman–Crippen MR) is 74.6 cm³/mol. The van der Waals surface area contributed by atoms with Crippen molar-refractivity contribution in [2.75, 3.05) is 11.4 Å². The predicted octanol–water partition coefficient (Wildman–Crippen LogP) is 0.629. The van der Waals surface area contributed by atoms with E-state index in [1.165, 1.54) is 0 Å². The number of carboxylic acid groups (broad SMARTS) is 1. The molecule has 2 N–H and O–H groups in total. The van der Waals surface area contributed by atoms with Crippen LogP contribution >= 0.6 is 0 Å². The van der Waals surface area contributed by atoms with Gasteiger partial charge < -0.3 is 15.3 Å². The molecule has 2 aliphatic rings. The smallest absolute Gasteiger partial charge is 0.307 e. The van der Waals surface area contributed by atoms with Gasteiger partial charge in [-0.1, -0.05) is 18.2 Å². The molecule has 1 aromatic rings. The first kappa shape index (κ1) is 13.6. The molecule has 6 nitrogen and oxygen atoms in total. The Kier molecular flexibility index (Phi) is 3.37. The number of benzene rings is 1. The molecule has 110 valence electrons. The Morgan fingerprint density at radius 3 is 2.52 bits per heavy atom. The molecule has 0 aromatic heterocycles. The van der Waals surface area contributed by atoms with Gasteiger partial charge in [-0.05, 0) is 25.0 Å². The van der Waals surface area contributed by atoms with Crippen LogP contribution in [0, 0.1) is 11.8 Å². The molecule has 1 heterocycles. The third-order valence-corrected chi connectivity index (χ3v) is 4.03. The second-order valence-electron chi connectivity index (χ2n) is 5.46. The molecule has 0 radical (unpaired) electrons. The van der Waals surface area contributed by atoms with Gasteiger partial charge in [0.05, 0.1) is 11.8 Å². The summed E-state index contributed by atoms with van der Waals surface area (Å²) >= 11 is 0. The first-order chi connectivity index (χ1) is 10.1. The third kappa shape index (κ3) is 2.61. The number of anilines is 1. The largest absolute Gasteiger partial charge is 0.481 e. The minimum absolute atomic E-state index is 0.137. The van der Waals surface area contributed by atoms with Crippen LogP contribution < -0.4 is 10.2 Å². The van der Waals surface area contributed by atoms with Crippen molar-refractivity contribution in [2.24, 2.45) is 11.8 Å². The molecule has 0 unspecified atom stereocenters. The van der Waals surface area contributed by atoms with Crippen LogP contribution in [0.1, 0.15) is 12.8 Å². The Hall–Kier alpha value is -2.37. The van der Waals surface area contributed by atoms with E-state index in [-0.39, 0.29) is 11.8 Å². The molecule has 1 aliphatic heterocycles. The van der Waals surface area contributed by atoms with Crippen molar-refractivity contribution in [1.29, 1.82) is 0 Å². The topological polar surface area (TPSA) is 86.7 Å². The van der Waals surface area contributed by atoms with Gasteiger partial charge in [0.25, 0.3) is 0 Å². The fraction of sp³-hybridized carbons (Fsp3) is 0.400. The van der Waals surface area contributed by atoms with Crippen LogP contribution in [0.25, 0.3) is 0 Å². The Morgan fingerprint density at radius 1 is 1.19 bits per heavy atom. The fourth-order valence-electron chi connectivity index (χ4n) is 2.71. The highest BCUT2D eigenvalue weighted by molar-refractivity contribution is 6.02. The molecule has 1 aliphatic carbocycles. The van der Waals surface area contributed by atoms with Gasteiger partial charge in [-0.3, -0.25) is 14.4 Å². The van der Waals surface area contributed by atoms with Crippen molar-refractivity contribution < 1.29 is 19.5 Å². The van der Waals surface area contributed by atoms with Gasteiger partial charge in [0, 0.05) is 12.2 Å². The van der Waals surface area contributed by atoms with E-state index < -0.39 is 23.8 Å². The van der Waals surface area contributed by atoms with Gasteiger partial charge in [-0.2, -0.15) is 0 Å². The summed E-state index contributed by atoms with van der Waals surface area (Å²) in [6, 6.07) is 8.74. The van der Waals surface area contributed by atoms with E-state index in [0.29, 0.717) is 19.4 Å². The lowest BCUT2D eigenvalue weighted by Gasteiger charge is -2.17. The highest BCUT2D eigenvalue weighted by atomic mass is 16.4. The van der Waals surface area contributed by atoms with Crippen LogP contribution in [-0.4, -0.2) is 35.5 Å². The van der Waals surface area contributed by atoms with E-state index in [1.807, 2.05) is 30.3 Å². The molecule has 3 atom stereocenters. The lowest BCUT2D eigenvalue weighted by Crippen LogP contribution is -2.42. The number of carboxylic acids is 1. The average molecular weight is 288 g/mol. The number of carbonyl (C=O) groups is 3. The molecule has 0 spiro atoms. The first-order valence-corrected chi connectivity index (χ1v) is 6.97. The van der Waals surface area contributed by atoms with Crippen LogP contribution in [0.2, 0.25) is 0 Å². The Balaban J connectivity index is 1.60. The lowest BCUT2D eigenvalue weighted by atomic mass is 10.2. The minimum Gasteiger partial charge on any atom is -0.481 e. The molecular formula is C15H16N2O4. The normalized spacial score (nSPS) is 27.5. The standard InChI is InChI=1S/C15H16N2O4/c18-13(10-8-11(10)15(20)21)16-12-6-7-17(14(12)19)9-4-2-1-3-5-9/h1-5,10-12H,6-8H2,(H,16,18)(H,20,21)/t10-,11-,12-/m1/s1. The van der Waals surface area contributed by atoms with Gasteiger partial charge in [-0.25, -0.2) is 0 Å². The lowest BCUT2D eigenvalue weighted by molar-refractivity contribution is -0.140. The maximum absolute atomic E-state index is 12.3. The van der Waals surface area contributed by atoms with Crippen molar-refractivity contribution >= 4 is 23.5 Å². The Bertz CT molecular complexity index is 587. The fourth-order valence-corrected chi connectivity index (χ4v) is 2.71. The Labute approximate surface area is 121 Å². The van der Waals surface area contributed by atoms with Crippen LogP contribution in [0.15, 0.2) is 30.3 Å². The van der Waals surface area contributed by atoms with E-state index in [0.717, 1.165) is 5.69 Å². The van der Waals surface area contributed by atoms with Crippen molar-refractivity contribution in [3.05, 3.63) is 30.3 Å². The third-order valence-electron chi connectivity index (χ3n) is 4.03. The highest BCUT2D eigenvalue weighted by Gasteiger charge is 2.49. The first-order valence-electron chi connectivity index (χ1n) is 6.97. The van der Waals surface area contributed by atoms with E-state index in [2.05, 4.69) is 5.32 Å². The summed E-state index contributed by atoms with van der Waals surface area (Å²) < 4.78 is 0. The average Bonchev–Trinajstić information content (AvgIpc) is 3.21. The number of hydrogen-bond donors (Lipinski definition) is 2. The van der Waals surface area contributed by atoms with E-state index >= 15 is 0 Å². The van der Waals surface area contributed by atoms with Crippen LogP contribution in [-0.2, 0) is 14.4 Å². The monoisotopic (exact) mass is 288 g/mol. The maximum Gasteiger partial charge on any atom is 0.307 e. The maximum atomic E-state index is 12.3. The summed E-state index contributed by atoms with van der Waals surface area (Å²) in [5, 5.41) is 11.5. The van der Waals surface area contributed by atoms with E-state index in [9.17, 15) is 14.4 Å². The number of aliphatic carboxylic acids is 1. The zero-order chi connectivity index (χ0) is 15.0. The van der Waals surface area contributed by atoms with Gasteiger partial charge in [0.15, 0.2) is 0 Å². The Morgan fingerprint density at radius 2 is 1.90 bits per heavy atom. The molecule has 1 saturated carbocycles. The molecule has 1 saturated heterocycles. The van der Waals surface area contributed by atoms with Crippen molar-refractivity contribution in [3.8, 4) is 0 Å². The van der Waals surface area contributed by atoms with Crippen LogP contribution in [0.5, 0.6) is 0 Å². The second-order valence-corrected chi connectivity index (χ2v) is 5.46. The number of carbonyl (C=O) groups excluding carboxylic acids is 2. The van der Waals surface area contributed by atoms with Crippen LogP contribution in [0.4, 0.5) is 5.69 Å². The summed E-state index contributed by atoms with van der Waals surface area (Å²) in [5.74, 6) is -2.48. The summed E-state index contributed by atoms with van der Waals surface area (Å²) in [4.78, 5) is 36.6. The molecule has 3 rings (SSSR count). The molecule has 21 heavy (non-hydrogen) atoms. The van der Waals surface area contributed by atoms with Gasteiger partial charge in [0.1, 0.15) is 6.04 Å². The zero-order valence-corrected chi connectivity index (χ0v) is 11.4. The molecule has 0 bridgehead atoms. The van der Waals surface area contributed by atoms with Crippen LogP contribution in [0.3, 0.4) is 0 Å². The van der Waals surface area contributed by atoms with Gasteiger partial charge >= 0.3 is 5.97 Å². The zero-order valence-electron chi connectivity index (χ0n) is 11.4. The molecular weight excluding hydrogens is 272 g/mol. The number of nitrogens with one attached hydrogen (secondary N) is 1.